The van der Waals surface area contributed by atoms with Crippen LogP contribution < -0.4 is 9.62 Å². The van der Waals surface area contributed by atoms with Gasteiger partial charge in [0, 0.05) is 39.6 Å². The van der Waals surface area contributed by atoms with Gasteiger partial charge in [-0.05, 0) is 61.0 Å². The number of aromatic nitrogens is 1. The van der Waals surface area contributed by atoms with Crippen LogP contribution in [0.2, 0.25) is 0 Å². The normalized spacial score (nSPS) is 11.6. The summed E-state index contributed by atoms with van der Waals surface area (Å²) in [4.78, 5) is 13.0. The number of sulfonamides is 1. The number of aryl methyl sites for hydroxylation is 1. The van der Waals surface area contributed by atoms with Gasteiger partial charge in [-0.25, -0.2) is 8.42 Å². The second-order valence-corrected chi connectivity index (χ2v) is 10.7. The maximum Gasteiger partial charge on any atom is 0.255 e. The van der Waals surface area contributed by atoms with Crippen molar-refractivity contribution < 1.29 is 13.2 Å². The molecular formula is C29H27N3O3S. The molecule has 1 N–H and O–H groups in total. The van der Waals surface area contributed by atoms with Crippen LogP contribution >= 0.6 is 0 Å². The molecule has 5 aromatic rings. The molecule has 0 aliphatic rings. The van der Waals surface area contributed by atoms with E-state index in [0.29, 0.717) is 11.3 Å². The zero-order valence-corrected chi connectivity index (χ0v) is 21.0. The lowest BCUT2D eigenvalue weighted by Crippen LogP contribution is -2.29. The lowest BCUT2D eigenvalue weighted by molar-refractivity contribution is 0.102. The molecule has 0 aliphatic carbocycles. The van der Waals surface area contributed by atoms with Gasteiger partial charge in [-0.1, -0.05) is 48.5 Å². The molecule has 1 heterocycles. The van der Waals surface area contributed by atoms with Crippen molar-refractivity contribution in [1.29, 1.82) is 0 Å². The molecule has 0 saturated heterocycles. The Hall–Kier alpha value is -4.10. The van der Waals surface area contributed by atoms with Crippen molar-refractivity contribution in [1.82, 2.24) is 4.57 Å². The van der Waals surface area contributed by atoms with Gasteiger partial charge in [0.05, 0.1) is 18.5 Å². The van der Waals surface area contributed by atoms with E-state index in [4.69, 9.17) is 0 Å². The number of anilines is 2. The van der Waals surface area contributed by atoms with Gasteiger partial charge in [-0.2, -0.15) is 0 Å². The number of carbonyl (C=O) groups excluding carboxylic acids is 1. The third kappa shape index (κ3) is 4.57. The number of hydrogen-bond donors (Lipinski definition) is 1. The Bertz CT molecular complexity index is 1660. The Morgan fingerprint density at radius 2 is 1.50 bits per heavy atom. The van der Waals surface area contributed by atoms with E-state index in [-0.39, 0.29) is 12.5 Å². The smallest absolute Gasteiger partial charge is 0.255 e. The molecule has 36 heavy (non-hydrogen) atoms. The highest BCUT2D eigenvalue weighted by molar-refractivity contribution is 7.92. The monoisotopic (exact) mass is 497 g/mol. The van der Waals surface area contributed by atoms with Crippen molar-refractivity contribution in [2.75, 3.05) is 15.9 Å². The Balaban J connectivity index is 1.36. The number of hydrogen-bond acceptors (Lipinski definition) is 3. The predicted molar refractivity (Wildman–Crippen MR) is 147 cm³/mol. The number of carbonyl (C=O) groups is 1. The zero-order valence-electron chi connectivity index (χ0n) is 20.2. The third-order valence-corrected chi connectivity index (χ3v) is 7.47. The topological polar surface area (TPSA) is 71.4 Å². The maximum atomic E-state index is 13.0. The molecule has 0 radical (unpaired) electrons. The Morgan fingerprint density at radius 3 is 2.19 bits per heavy atom. The number of amides is 1. The van der Waals surface area contributed by atoms with E-state index in [2.05, 4.69) is 28.9 Å². The highest BCUT2D eigenvalue weighted by Crippen LogP contribution is 2.31. The van der Waals surface area contributed by atoms with Gasteiger partial charge < -0.3 is 9.88 Å². The van der Waals surface area contributed by atoms with Gasteiger partial charge in [-0.3, -0.25) is 9.10 Å². The van der Waals surface area contributed by atoms with Crippen LogP contribution in [0.4, 0.5) is 11.4 Å². The van der Waals surface area contributed by atoms with Crippen molar-refractivity contribution in [3.63, 3.8) is 0 Å². The average molecular weight is 498 g/mol. The molecule has 7 heteroatoms. The second-order valence-electron chi connectivity index (χ2n) is 8.75. The molecule has 4 aromatic carbocycles. The fourth-order valence-corrected chi connectivity index (χ4v) is 5.49. The summed E-state index contributed by atoms with van der Waals surface area (Å²) in [7, 11) is -3.46. The summed E-state index contributed by atoms with van der Waals surface area (Å²) in [6.07, 6.45) is 1.19. The lowest BCUT2D eigenvalue weighted by Gasteiger charge is -2.22. The average Bonchev–Trinajstić information content (AvgIpc) is 3.20. The van der Waals surface area contributed by atoms with Crippen LogP contribution in [-0.4, -0.2) is 25.1 Å². The minimum Gasteiger partial charge on any atom is -0.341 e. The van der Waals surface area contributed by atoms with E-state index >= 15 is 0 Å². The van der Waals surface area contributed by atoms with E-state index in [0.717, 1.165) is 34.1 Å². The zero-order chi connectivity index (χ0) is 25.3. The van der Waals surface area contributed by atoms with E-state index in [1.165, 1.54) is 16.1 Å². The van der Waals surface area contributed by atoms with Crippen LogP contribution in [0.3, 0.4) is 0 Å². The molecule has 0 spiro atoms. The summed E-state index contributed by atoms with van der Waals surface area (Å²) in [5.74, 6) is -0.219. The SMILES string of the molecule is CCn1c2ccccc2c2cc(NC(=O)c3ccc(CN(c4ccccc4)S(C)(=O)=O)cc3)ccc21. The summed E-state index contributed by atoms with van der Waals surface area (Å²) < 4.78 is 28.4. The maximum absolute atomic E-state index is 13.0. The van der Waals surface area contributed by atoms with Crippen LogP contribution in [0.1, 0.15) is 22.8 Å². The minimum absolute atomic E-state index is 0.183. The van der Waals surface area contributed by atoms with E-state index < -0.39 is 10.0 Å². The quantitative estimate of drug-likeness (QED) is 0.298. The number of nitrogens with zero attached hydrogens (tertiary/aromatic N) is 2. The molecule has 5 rings (SSSR count). The highest BCUT2D eigenvalue weighted by atomic mass is 32.2. The molecule has 0 atom stereocenters. The van der Waals surface area contributed by atoms with E-state index in [1.807, 2.05) is 36.4 Å². The minimum atomic E-state index is -3.46. The van der Waals surface area contributed by atoms with Gasteiger partial charge in [-0.15, -0.1) is 0 Å². The number of nitrogens with one attached hydrogen (secondary N) is 1. The number of fused-ring (bicyclic) bond motifs is 3. The molecular weight excluding hydrogens is 470 g/mol. The van der Waals surface area contributed by atoms with Crippen molar-refractivity contribution in [3.8, 4) is 0 Å². The van der Waals surface area contributed by atoms with Gasteiger partial charge in [0.15, 0.2) is 0 Å². The largest absolute Gasteiger partial charge is 0.341 e. The first-order valence-corrected chi connectivity index (χ1v) is 13.6. The fraction of sp³-hybridized carbons (Fsp3) is 0.138. The van der Waals surface area contributed by atoms with E-state index in [9.17, 15) is 13.2 Å². The first-order valence-electron chi connectivity index (χ1n) is 11.8. The predicted octanol–water partition coefficient (Wildman–Crippen LogP) is 6.03. The Kier molecular flexibility index (Phi) is 6.24. The van der Waals surface area contributed by atoms with Gasteiger partial charge in [0.1, 0.15) is 0 Å². The van der Waals surface area contributed by atoms with Crippen LogP contribution in [0.25, 0.3) is 21.8 Å². The van der Waals surface area contributed by atoms with E-state index in [1.54, 1.807) is 48.5 Å². The number of benzene rings is 4. The molecule has 0 saturated carbocycles. The summed E-state index contributed by atoms with van der Waals surface area (Å²) in [5, 5.41) is 5.25. The number of rotatable bonds is 7. The molecule has 0 unspecified atom stereocenters. The summed E-state index contributed by atoms with van der Waals surface area (Å²) in [6, 6.07) is 30.2. The van der Waals surface area contributed by atoms with Crippen LogP contribution in [0.15, 0.2) is 97.1 Å². The summed E-state index contributed by atoms with van der Waals surface area (Å²) in [6.45, 7) is 3.17. The van der Waals surface area contributed by atoms with Gasteiger partial charge >= 0.3 is 0 Å². The molecule has 1 amide bonds. The fourth-order valence-electron chi connectivity index (χ4n) is 4.60. The second kappa shape index (κ2) is 9.51. The Morgan fingerprint density at radius 1 is 0.833 bits per heavy atom. The first kappa shape index (κ1) is 23.6. The molecule has 0 aliphatic heterocycles. The summed E-state index contributed by atoms with van der Waals surface area (Å²) in [5.41, 5.74) is 4.92. The van der Waals surface area contributed by atoms with Crippen LogP contribution in [-0.2, 0) is 23.1 Å². The van der Waals surface area contributed by atoms with Crippen LogP contribution in [0.5, 0.6) is 0 Å². The standard InChI is InChI=1S/C29H27N3O3S/c1-3-31-27-12-8-7-11-25(27)26-19-23(17-18-28(26)31)30-29(33)22-15-13-21(14-16-22)20-32(36(2,34)35)24-9-5-4-6-10-24/h4-19H,3,20H2,1-2H3,(H,30,33). The third-order valence-electron chi connectivity index (χ3n) is 6.33. The summed E-state index contributed by atoms with van der Waals surface area (Å²) >= 11 is 0. The molecule has 6 nitrogen and oxygen atoms in total. The molecule has 182 valence electrons. The van der Waals surface area contributed by atoms with Crippen molar-refractivity contribution >= 4 is 49.1 Å². The highest BCUT2D eigenvalue weighted by Gasteiger charge is 2.18. The van der Waals surface area contributed by atoms with Gasteiger partial charge in [0.25, 0.3) is 5.91 Å². The van der Waals surface area contributed by atoms with Gasteiger partial charge in [0.2, 0.25) is 10.0 Å². The van der Waals surface area contributed by atoms with Crippen LogP contribution in [0, 0.1) is 0 Å². The molecule has 1 aromatic heterocycles. The lowest BCUT2D eigenvalue weighted by atomic mass is 10.1. The van der Waals surface area contributed by atoms with Crippen molar-refractivity contribution in [3.05, 3.63) is 108 Å². The molecule has 0 bridgehead atoms. The van der Waals surface area contributed by atoms with Crippen molar-refractivity contribution in [2.45, 2.75) is 20.0 Å². The first-order chi connectivity index (χ1) is 17.3. The number of para-hydroxylation sites is 2. The molecule has 0 fully saturated rings. The Labute approximate surface area is 210 Å². The van der Waals surface area contributed by atoms with Crippen molar-refractivity contribution in [2.24, 2.45) is 0 Å².